The third kappa shape index (κ3) is 2.35. The van der Waals surface area contributed by atoms with Crippen LogP contribution in [0.15, 0.2) is 18.2 Å². The lowest BCUT2D eigenvalue weighted by molar-refractivity contribution is -0.137. The van der Waals surface area contributed by atoms with E-state index in [1.807, 2.05) is 0 Å². The number of hydrogen-bond donors (Lipinski definition) is 1. The first-order chi connectivity index (χ1) is 8.86. The number of esters is 1. The molecular weight excluding hydrogens is 263 g/mol. The second-order valence-corrected chi connectivity index (χ2v) is 3.81. The number of aromatic nitrogens is 1. The highest BCUT2D eigenvalue weighted by molar-refractivity contribution is 5.97. The summed E-state index contributed by atoms with van der Waals surface area (Å²) in [6, 6.07) is 3.20. The molecule has 0 radical (unpaired) electrons. The molecule has 0 amide bonds. The largest absolute Gasteiger partial charge is 0.496 e. The molecule has 102 valence electrons. The van der Waals surface area contributed by atoms with E-state index in [0.29, 0.717) is 5.39 Å². The van der Waals surface area contributed by atoms with Gasteiger partial charge < -0.3 is 14.5 Å². The highest BCUT2D eigenvalue weighted by Crippen LogP contribution is 2.36. The van der Waals surface area contributed by atoms with Gasteiger partial charge in [-0.3, -0.25) is 0 Å². The van der Waals surface area contributed by atoms with Crippen LogP contribution in [0.5, 0.6) is 5.75 Å². The molecule has 2 rings (SSSR count). The van der Waals surface area contributed by atoms with E-state index in [1.165, 1.54) is 20.3 Å². The van der Waals surface area contributed by atoms with E-state index >= 15 is 0 Å². The lowest BCUT2D eigenvalue weighted by Gasteiger charge is -2.09. The van der Waals surface area contributed by atoms with Crippen LogP contribution in [0.4, 0.5) is 13.2 Å². The summed E-state index contributed by atoms with van der Waals surface area (Å²) in [5, 5.41) is 0.385. The summed E-state index contributed by atoms with van der Waals surface area (Å²) >= 11 is 0. The molecule has 2 aromatic rings. The van der Waals surface area contributed by atoms with Gasteiger partial charge in [-0.25, -0.2) is 4.79 Å². The van der Waals surface area contributed by atoms with Crippen molar-refractivity contribution in [1.29, 1.82) is 0 Å². The molecule has 1 N–H and O–H groups in total. The van der Waals surface area contributed by atoms with Gasteiger partial charge in [-0.2, -0.15) is 13.2 Å². The van der Waals surface area contributed by atoms with Crippen molar-refractivity contribution in [3.63, 3.8) is 0 Å². The van der Waals surface area contributed by atoms with E-state index in [0.717, 1.165) is 12.1 Å². The number of carbonyl (C=O) groups is 1. The Morgan fingerprint density at radius 3 is 2.42 bits per heavy atom. The maximum Gasteiger partial charge on any atom is 0.416 e. The number of carbonyl (C=O) groups excluding carboxylic acids is 1. The molecule has 0 unspecified atom stereocenters. The summed E-state index contributed by atoms with van der Waals surface area (Å²) in [7, 11) is 2.45. The molecule has 0 fully saturated rings. The molecule has 0 saturated heterocycles. The molecule has 0 aliphatic heterocycles. The van der Waals surface area contributed by atoms with Crippen LogP contribution in [0.1, 0.15) is 16.1 Å². The van der Waals surface area contributed by atoms with Crippen LogP contribution in [-0.2, 0) is 10.9 Å². The first kappa shape index (κ1) is 13.3. The van der Waals surface area contributed by atoms with Gasteiger partial charge in [0.2, 0.25) is 0 Å². The second kappa shape index (κ2) is 4.49. The summed E-state index contributed by atoms with van der Waals surface area (Å²) in [5.74, 6) is -0.622. The first-order valence-corrected chi connectivity index (χ1v) is 5.23. The Bertz CT molecular complexity index is 631. The van der Waals surface area contributed by atoms with Crippen molar-refractivity contribution in [2.24, 2.45) is 0 Å². The molecule has 1 heterocycles. The van der Waals surface area contributed by atoms with Gasteiger partial charge in [0.1, 0.15) is 11.4 Å². The Kier molecular flexibility index (Phi) is 3.13. The number of H-pyrrole nitrogens is 1. The summed E-state index contributed by atoms with van der Waals surface area (Å²) in [6.07, 6.45) is -4.49. The second-order valence-electron chi connectivity index (χ2n) is 3.81. The van der Waals surface area contributed by atoms with Gasteiger partial charge in [0.25, 0.3) is 0 Å². The summed E-state index contributed by atoms with van der Waals surface area (Å²) in [4.78, 5) is 13.9. The van der Waals surface area contributed by atoms with Crippen LogP contribution in [0.3, 0.4) is 0 Å². The third-order valence-electron chi connectivity index (χ3n) is 2.65. The SMILES string of the molecule is COC(=O)c1cc2c(OC)cc(C(F)(F)F)cc2[nH]1. The molecule has 0 atom stereocenters. The average molecular weight is 273 g/mol. The number of alkyl halides is 3. The number of ether oxygens (including phenoxy) is 2. The molecule has 1 aromatic carbocycles. The predicted octanol–water partition coefficient (Wildman–Crippen LogP) is 2.98. The molecule has 0 aliphatic carbocycles. The number of nitrogens with one attached hydrogen (secondary N) is 1. The maximum absolute atomic E-state index is 12.7. The van der Waals surface area contributed by atoms with Crippen LogP contribution in [0, 0.1) is 0 Å². The number of benzene rings is 1. The number of hydrogen-bond acceptors (Lipinski definition) is 3. The van der Waals surface area contributed by atoms with E-state index in [9.17, 15) is 18.0 Å². The summed E-state index contributed by atoms with van der Waals surface area (Å²) in [5.41, 5.74) is -0.627. The Morgan fingerprint density at radius 1 is 1.21 bits per heavy atom. The van der Waals surface area contributed by atoms with E-state index < -0.39 is 17.7 Å². The normalized spacial score (nSPS) is 11.6. The topological polar surface area (TPSA) is 51.3 Å². The number of halogens is 3. The third-order valence-corrected chi connectivity index (χ3v) is 2.65. The molecule has 4 nitrogen and oxygen atoms in total. The Labute approximate surface area is 106 Å². The zero-order valence-electron chi connectivity index (χ0n) is 10.1. The van der Waals surface area contributed by atoms with Crippen molar-refractivity contribution in [3.05, 3.63) is 29.5 Å². The Balaban J connectivity index is 2.66. The summed E-state index contributed by atoms with van der Waals surface area (Å²) < 4.78 is 47.5. The molecule has 0 bridgehead atoms. The van der Waals surface area contributed by atoms with Crippen LogP contribution in [0.25, 0.3) is 10.9 Å². The number of methoxy groups -OCH3 is 2. The van der Waals surface area contributed by atoms with Crippen LogP contribution in [-0.4, -0.2) is 25.2 Å². The minimum absolute atomic E-state index is 0.0382. The smallest absolute Gasteiger partial charge is 0.416 e. The zero-order chi connectivity index (χ0) is 14.2. The standard InChI is InChI=1S/C12H10F3NO3/c1-18-10-4-6(12(13,14)15)3-8-7(10)5-9(16-8)11(17)19-2/h3-5,16H,1-2H3. The minimum Gasteiger partial charge on any atom is -0.496 e. The van der Waals surface area contributed by atoms with Gasteiger partial charge in [-0.1, -0.05) is 0 Å². The average Bonchev–Trinajstić information content (AvgIpc) is 2.79. The van der Waals surface area contributed by atoms with Gasteiger partial charge in [0, 0.05) is 5.39 Å². The van der Waals surface area contributed by atoms with E-state index in [-0.39, 0.29) is 17.0 Å². The molecule has 7 heteroatoms. The first-order valence-electron chi connectivity index (χ1n) is 5.23. The van der Waals surface area contributed by atoms with E-state index in [1.54, 1.807) is 0 Å². The van der Waals surface area contributed by atoms with E-state index in [2.05, 4.69) is 9.72 Å². The van der Waals surface area contributed by atoms with Crippen molar-refractivity contribution < 1.29 is 27.4 Å². The molecule has 0 saturated carbocycles. The number of rotatable bonds is 2. The number of fused-ring (bicyclic) bond motifs is 1. The highest BCUT2D eigenvalue weighted by atomic mass is 19.4. The fourth-order valence-electron chi connectivity index (χ4n) is 1.76. The van der Waals surface area contributed by atoms with Gasteiger partial charge in [-0.05, 0) is 18.2 Å². The van der Waals surface area contributed by atoms with Crippen LogP contribution >= 0.6 is 0 Å². The fraction of sp³-hybridized carbons (Fsp3) is 0.250. The lowest BCUT2D eigenvalue weighted by Crippen LogP contribution is -2.05. The van der Waals surface area contributed by atoms with Crippen molar-refractivity contribution in [3.8, 4) is 5.75 Å². The fourth-order valence-corrected chi connectivity index (χ4v) is 1.76. The van der Waals surface area contributed by atoms with Gasteiger partial charge >= 0.3 is 12.1 Å². The van der Waals surface area contributed by atoms with Crippen molar-refractivity contribution in [1.82, 2.24) is 4.98 Å². The zero-order valence-corrected chi connectivity index (χ0v) is 10.1. The molecule has 19 heavy (non-hydrogen) atoms. The van der Waals surface area contributed by atoms with Crippen LogP contribution < -0.4 is 4.74 Å². The number of aromatic amines is 1. The van der Waals surface area contributed by atoms with Crippen molar-refractivity contribution in [2.75, 3.05) is 14.2 Å². The molecule has 0 spiro atoms. The summed E-state index contributed by atoms with van der Waals surface area (Å²) in [6.45, 7) is 0. The molecule has 1 aromatic heterocycles. The maximum atomic E-state index is 12.7. The molecule has 0 aliphatic rings. The Morgan fingerprint density at radius 2 is 1.89 bits per heavy atom. The van der Waals surface area contributed by atoms with Crippen LogP contribution in [0.2, 0.25) is 0 Å². The lowest BCUT2D eigenvalue weighted by atomic mass is 10.1. The van der Waals surface area contributed by atoms with E-state index in [4.69, 9.17) is 4.74 Å². The van der Waals surface area contributed by atoms with Gasteiger partial charge in [-0.15, -0.1) is 0 Å². The quantitative estimate of drug-likeness (QED) is 0.856. The molecular formula is C12H10F3NO3. The Hall–Kier alpha value is -2.18. The van der Waals surface area contributed by atoms with Crippen molar-refractivity contribution in [2.45, 2.75) is 6.18 Å². The highest BCUT2D eigenvalue weighted by Gasteiger charge is 2.32. The monoisotopic (exact) mass is 273 g/mol. The van der Waals surface area contributed by atoms with Gasteiger partial charge in [0.15, 0.2) is 0 Å². The minimum atomic E-state index is -4.49. The predicted molar refractivity (Wildman–Crippen MR) is 61.2 cm³/mol. The van der Waals surface area contributed by atoms with Crippen molar-refractivity contribution >= 4 is 16.9 Å². The van der Waals surface area contributed by atoms with Gasteiger partial charge in [0.05, 0.1) is 25.3 Å².